The van der Waals surface area contributed by atoms with Gasteiger partial charge in [-0.15, -0.1) is 0 Å². The molecule has 0 aromatic rings. The van der Waals surface area contributed by atoms with Gasteiger partial charge in [0.15, 0.2) is 0 Å². The average Bonchev–Trinajstić information content (AvgIpc) is 2.29. The van der Waals surface area contributed by atoms with Gasteiger partial charge in [0.1, 0.15) is 0 Å². The zero-order valence-corrected chi connectivity index (χ0v) is 9.74. The maximum Gasteiger partial charge on any atom is 0.0985 e. The van der Waals surface area contributed by atoms with Crippen LogP contribution in [0.5, 0.6) is 0 Å². The summed E-state index contributed by atoms with van der Waals surface area (Å²) in [5, 5.41) is 19.2. The summed E-state index contributed by atoms with van der Waals surface area (Å²) in [6.45, 7) is 8.99. The molecule has 0 unspecified atom stereocenters. The van der Waals surface area contributed by atoms with E-state index in [-0.39, 0.29) is 0 Å². The lowest BCUT2D eigenvalue weighted by atomic mass is 9.83. The first kappa shape index (κ1) is 12.7. The third-order valence-electron chi connectivity index (χ3n) is 3.04. The van der Waals surface area contributed by atoms with Crippen LogP contribution in [-0.2, 0) is 0 Å². The van der Waals surface area contributed by atoms with E-state index in [0.29, 0.717) is 24.0 Å². The van der Waals surface area contributed by atoms with Crippen LogP contribution in [0.2, 0.25) is 0 Å². The summed E-state index contributed by atoms with van der Waals surface area (Å²) in [5.41, 5.74) is 0.197. The minimum atomic E-state index is -0.853. The molecular formula is C13H18N2O. The first-order chi connectivity index (χ1) is 7.51. The Balaban J connectivity index is 2.88. The number of aliphatic hydroxyl groups is 1. The molecule has 0 aromatic carbocycles. The molecule has 1 saturated heterocycles. The molecule has 1 fully saturated rings. The summed E-state index contributed by atoms with van der Waals surface area (Å²) < 4.78 is 0. The molecule has 0 saturated carbocycles. The SMILES string of the molecule is C=C/C(=C\C(=C)C#N)C1(O)CCN(C)CC1. The highest BCUT2D eigenvalue weighted by Gasteiger charge is 2.33. The molecule has 1 N–H and O–H groups in total. The summed E-state index contributed by atoms with van der Waals surface area (Å²) in [7, 11) is 2.03. The van der Waals surface area contributed by atoms with Crippen molar-refractivity contribution >= 4 is 0 Å². The fourth-order valence-electron chi connectivity index (χ4n) is 1.88. The monoisotopic (exact) mass is 218 g/mol. The predicted octanol–water partition coefficient (Wildman–Crippen LogP) is 1.64. The first-order valence-electron chi connectivity index (χ1n) is 5.36. The van der Waals surface area contributed by atoms with Crippen LogP contribution in [0, 0.1) is 11.3 Å². The third-order valence-corrected chi connectivity index (χ3v) is 3.04. The lowest BCUT2D eigenvalue weighted by molar-refractivity contribution is 0.0192. The van der Waals surface area contributed by atoms with Crippen molar-refractivity contribution in [2.75, 3.05) is 20.1 Å². The van der Waals surface area contributed by atoms with Gasteiger partial charge in [0.25, 0.3) is 0 Å². The Labute approximate surface area is 97.0 Å². The standard InChI is InChI=1S/C13H18N2O/c1-4-12(9-11(2)10-14)13(16)5-7-15(3)8-6-13/h4,9,16H,1-2,5-8H2,3H3/b12-9+. The van der Waals surface area contributed by atoms with Crippen molar-refractivity contribution in [3.63, 3.8) is 0 Å². The number of allylic oxidation sites excluding steroid dienone is 2. The van der Waals surface area contributed by atoms with E-state index in [1.165, 1.54) is 0 Å². The Bertz CT molecular complexity index is 355. The van der Waals surface area contributed by atoms with E-state index >= 15 is 0 Å². The highest BCUT2D eigenvalue weighted by atomic mass is 16.3. The molecule has 0 aliphatic carbocycles. The van der Waals surface area contributed by atoms with Gasteiger partial charge in [0, 0.05) is 18.7 Å². The molecule has 0 radical (unpaired) electrons. The quantitative estimate of drug-likeness (QED) is 0.578. The minimum Gasteiger partial charge on any atom is -0.385 e. The fourth-order valence-corrected chi connectivity index (χ4v) is 1.88. The van der Waals surface area contributed by atoms with Gasteiger partial charge in [0.05, 0.1) is 11.7 Å². The van der Waals surface area contributed by atoms with Gasteiger partial charge in [-0.05, 0) is 31.5 Å². The van der Waals surface area contributed by atoms with Gasteiger partial charge in [-0.1, -0.05) is 19.2 Å². The minimum absolute atomic E-state index is 0.349. The van der Waals surface area contributed by atoms with Crippen molar-refractivity contribution in [3.8, 4) is 6.07 Å². The second-order valence-corrected chi connectivity index (χ2v) is 4.28. The van der Waals surface area contributed by atoms with Crippen LogP contribution >= 0.6 is 0 Å². The van der Waals surface area contributed by atoms with Crippen molar-refractivity contribution in [1.29, 1.82) is 5.26 Å². The molecule has 0 bridgehead atoms. The third kappa shape index (κ3) is 2.82. The fraction of sp³-hybridized carbons (Fsp3) is 0.462. The Morgan fingerprint density at radius 2 is 2.06 bits per heavy atom. The Hall–Kier alpha value is -1.37. The molecule has 1 rings (SSSR count). The number of rotatable bonds is 3. The van der Waals surface area contributed by atoms with Crippen LogP contribution < -0.4 is 0 Å². The van der Waals surface area contributed by atoms with Crippen molar-refractivity contribution in [3.05, 3.63) is 36.5 Å². The molecule has 0 atom stereocenters. The van der Waals surface area contributed by atoms with Crippen LogP contribution in [0.15, 0.2) is 36.5 Å². The molecule has 86 valence electrons. The lowest BCUT2D eigenvalue weighted by Gasteiger charge is -2.37. The molecule has 16 heavy (non-hydrogen) atoms. The Morgan fingerprint density at radius 3 is 2.50 bits per heavy atom. The van der Waals surface area contributed by atoms with Gasteiger partial charge < -0.3 is 10.0 Å². The van der Waals surface area contributed by atoms with Crippen molar-refractivity contribution in [2.24, 2.45) is 0 Å². The number of piperidine rings is 1. The van der Waals surface area contributed by atoms with Crippen molar-refractivity contribution in [2.45, 2.75) is 18.4 Å². The summed E-state index contributed by atoms with van der Waals surface area (Å²) in [5.74, 6) is 0. The summed E-state index contributed by atoms with van der Waals surface area (Å²) >= 11 is 0. The van der Waals surface area contributed by atoms with Gasteiger partial charge in [0.2, 0.25) is 0 Å². The number of hydrogen-bond acceptors (Lipinski definition) is 3. The van der Waals surface area contributed by atoms with Crippen molar-refractivity contribution in [1.82, 2.24) is 4.90 Å². The van der Waals surface area contributed by atoms with E-state index < -0.39 is 5.60 Å². The number of nitriles is 1. The maximum atomic E-state index is 10.5. The highest BCUT2D eigenvalue weighted by molar-refractivity contribution is 5.40. The van der Waals surface area contributed by atoms with Crippen LogP contribution in [0.1, 0.15) is 12.8 Å². The smallest absolute Gasteiger partial charge is 0.0985 e. The van der Waals surface area contributed by atoms with Gasteiger partial charge in [-0.3, -0.25) is 0 Å². The normalized spacial score (nSPS) is 21.2. The summed E-state index contributed by atoms with van der Waals surface area (Å²) in [6, 6.07) is 1.95. The van der Waals surface area contributed by atoms with Gasteiger partial charge in [-0.2, -0.15) is 5.26 Å². The molecule has 1 aliphatic rings. The Kier molecular flexibility index (Phi) is 4.05. The molecule has 0 amide bonds. The summed E-state index contributed by atoms with van der Waals surface area (Å²) in [4.78, 5) is 2.17. The van der Waals surface area contributed by atoms with Crippen molar-refractivity contribution < 1.29 is 5.11 Å². The number of hydrogen-bond donors (Lipinski definition) is 1. The number of likely N-dealkylation sites (tertiary alicyclic amines) is 1. The van der Waals surface area contributed by atoms with Gasteiger partial charge in [-0.25, -0.2) is 0 Å². The van der Waals surface area contributed by atoms with E-state index in [1.807, 2.05) is 13.1 Å². The second kappa shape index (κ2) is 5.11. The van der Waals surface area contributed by atoms with Gasteiger partial charge >= 0.3 is 0 Å². The van der Waals surface area contributed by atoms with Crippen LogP contribution in [0.3, 0.4) is 0 Å². The average molecular weight is 218 g/mol. The molecule has 0 spiro atoms. The van der Waals surface area contributed by atoms with E-state index in [4.69, 9.17) is 5.26 Å². The maximum absolute atomic E-state index is 10.5. The van der Waals surface area contributed by atoms with E-state index in [2.05, 4.69) is 18.1 Å². The molecule has 1 heterocycles. The zero-order chi connectivity index (χ0) is 12.2. The topological polar surface area (TPSA) is 47.3 Å². The van der Waals surface area contributed by atoms with E-state index in [0.717, 1.165) is 13.1 Å². The second-order valence-electron chi connectivity index (χ2n) is 4.28. The van der Waals surface area contributed by atoms with Crippen LogP contribution in [0.25, 0.3) is 0 Å². The lowest BCUT2D eigenvalue weighted by Crippen LogP contribution is -2.43. The van der Waals surface area contributed by atoms with Crippen LogP contribution in [-0.4, -0.2) is 35.7 Å². The molecular weight excluding hydrogens is 200 g/mol. The number of nitrogens with zero attached hydrogens (tertiary/aromatic N) is 2. The molecule has 1 aliphatic heterocycles. The summed E-state index contributed by atoms with van der Waals surface area (Å²) in [6.07, 6.45) is 4.58. The molecule has 3 heteroatoms. The van der Waals surface area contributed by atoms with E-state index in [1.54, 1.807) is 12.2 Å². The largest absolute Gasteiger partial charge is 0.385 e. The highest BCUT2D eigenvalue weighted by Crippen LogP contribution is 2.30. The first-order valence-corrected chi connectivity index (χ1v) is 5.36. The molecule has 0 aromatic heterocycles. The molecule has 3 nitrogen and oxygen atoms in total. The predicted molar refractivity (Wildman–Crippen MR) is 64.7 cm³/mol. The van der Waals surface area contributed by atoms with E-state index in [9.17, 15) is 5.11 Å². The Morgan fingerprint density at radius 1 is 1.50 bits per heavy atom. The van der Waals surface area contributed by atoms with Crippen LogP contribution in [0.4, 0.5) is 0 Å². The zero-order valence-electron chi connectivity index (χ0n) is 9.74.